The van der Waals surface area contributed by atoms with Crippen LogP contribution in [0.15, 0.2) is 51.7 Å². The number of amides is 1. The van der Waals surface area contributed by atoms with Crippen molar-refractivity contribution in [3.8, 4) is 11.5 Å². The van der Waals surface area contributed by atoms with Crippen molar-refractivity contribution in [2.24, 2.45) is 0 Å². The standard InChI is InChI=1S/C25H27NO6/c1-5-10-26-24(28)20-12-17-7-8-18(13-21(17)32-25(20)29)31-23(27)14-30-22-11-16(4)6-9-19(22)15(2)3/h6-9,11-13,15H,5,10,14H2,1-4H3,(H,26,28). The van der Waals surface area contributed by atoms with Crippen LogP contribution in [0, 0.1) is 6.92 Å². The summed E-state index contributed by atoms with van der Waals surface area (Å²) in [6, 6.07) is 12.0. The Morgan fingerprint density at radius 2 is 1.88 bits per heavy atom. The summed E-state index contributed by atoms with van der Waals surface area (Å²) in [5.74, 6) is 0.0468. The summed E-state index contributed by atoms with van der Waals surface area (Å²) in [6.45, 7) is 8.18. The second-order valence-corrected chi connectivity index (χ2v) is 7.86. The van der Waals surface area contributed by atoms with Crippen molar-refractivity contribution in [1.82, 2.24) is 5.32 Å². The molecule has 1 N–H and O–H groups in total. The molecule has 0 saturated carbocycles. The van der Waals surface area contributed by atoms with E-state index in [9.17, 15) is 14.4 Å². The molecule has 0 bridgehead atoms. The molecular formula is C25H27NO6. The van der Waals surface area contributed by atoms with Crippen molar-refractivity contribution >= 4 is 22.8 Å². The molecule has 0 aliphatic carbocycles. The van der Waals surface area contributed by atoms with E-state index in [2.05, 4.69) is 19.2 Å². The van der Waals surface area contributed by atoms with Gasteiger partial charge in [-0.25, -0.2) is 9.59 Å². The lowest BCUT2D eigenvalue weighted by atomic mass is 10.0. The van der Waals surface area contributed by atoms with Gasteiger partial charge in [-0.2, -0.15) is 0 Å². The molecule has 1 amide bonds. The Labute approximate surface area is 186 Å². The van der Waals surface area contributed by atoms with Crippen molar-refractivity contribution in [2.45, 2.75) is 40.0 Å². The van der Waals surface area contributed by atoms with Crippen molar-refractivity contribution < 1.29 is 23.5 Å². The van der Waals surface area contributed by atoms with E-state index in [0.717, 1.165) is 17.5 Å². The second-order valence-electron chi connectivity index (χ2n) is 7.86. The minimum Gasteiger partial charge on any atom is -0.482 e. The van der Waals surface area contributed by atoms with Crippen LogP contribution in [0.3, 0.4) is 0 Å². The molecular weight excluding hydrogens is 410 g/mol. The maximum absolute atomic E-state index is 12.3. The Morgan fingerprint density at radius 1 is 1.09 bits per heavy atom. The number of esters is 1. The first-order valence-electron chi connectivity index (χ1n) is 10.6. The number of hydrogen-bond donors (Lipinski definition) is 1. The highest BCUT2D eigenvalue weighted by atomic mass is 16.6. The molecule has 0 aliphatic heterocycles. The molecule has 1 aromatic heterocycles. The monoisotopic (exact) mass is 437 g/mol. The van der Waals surface area contributed by atoms with Gasteiger partial charge < -0.3 is 19.2 Å². The summed E-state index contributed by atoms with van der Waals surface area (Å²) in [7, 11) is 0. The molecule has 7 heteroatoms. The third-order valence-corrected chi connectivity index (χ3v) is 4.86. The molecule has 0 unspecified atom stereocenters. The zero-order valence-electron chi connectivity index (χ0n) is 18.7. The summed E-state index contributed by atoms with van der Waals surface area (Å²) in [5, 5.41) is 3.20. The topological polar surface area (TPSA) is 94.8 Å². The Morgan fingerprint density at radius 3 is 2.59 bits per heavy atom. The van der Waals surface area contributed by atoms with Crippen molar-refractivity contribution in [3.63, 3.8) is 0 Å². The van der Waals surface area contributed by atoms with E-state index < -0.39 is 17.5 Å². The molecule has 32 heavy (non-hydrogen) atoms. The van der Waals surface area contributed by atoms with E-state index in [-0.39, 0.29) is 29.4 Å². The fourth-order valence-corrected chi connectivity index (χ4v) is 3.19. The molecule has 1 heterocycles. The maximum Gasteiger partial charge on any atom is 0.349 e. The van der Waals surface area contributed by atoms with Gasteiger partial charge in [-0.05, 0) is 54.7 Å². The number of ether oxygens (including phenoxy) is 2. The maximum atomic E-state index is 12.3. The summed E-state index contributed by atoms with van der Waals surface area (Å²) in [5.41, 5.74) is 1.44. The van der Waals surface area contributed by atoms with Crippen LogP contribution in [0.5, 0.6) is 11.5 Å². The van der Waals surface area contributed by atoms with Gasteiger partial charge in [-0.15, -0.1) is 0 Å². The molecule has 2 aromatic carbocycles. The van der Waals surface area contributed by atoms with Crippen LogP contribution in [0.4, 0.5) is 0 Å². The van der Waals surface area contributed by atoms with Crippen LogP contribution >= 0.6 is 0 Å². The number of benzene rings is 2. The Hall–Kier alpha value is -3.61. The fourth-order valence-electron chi connectivity index (χ4n) is 3.19. The first-order chi connectivity index (χ1) is 15.3. The van der Waals surface area contributed by atoms with Gasteiger partial charge in [-0.3, -0.25) is 4.79 Å². The average Bonchev–Trinajstić information content (AvgIpc) is 2.75. The highest BCUT2D eigenvalue weighted by molar-refractivity contribution is 5.96. The van der Waals surface area contributed by atoms with Gasteiger partial charge in [0.25, 0.3) is 5.91 Å². The Bertz CT molecular complexity index is 1190. The van der Waals surface area contributed by atoms with Gasteiger partial charge in [0.2, 0.25) is 0 Å². The highest BCUT2D eigenvalue weighted by Crippen LogP contribution is 2.27. The van der Waals surface area contributed by atoms with Crippen LogP contribution in [-0.4, -0.2) is 25.0 Å². The summed E-state index contributed by atoms with van der Waals surface area (Å²) < 4.78 is 16.3. The Balaban J connectivity index is 1.71. The number of fused-ring (bicyclic) bond motifs is 1. The summed E-state index contributed by atoms with van der Waals surface area (Å²) in [4.78, 5) is 36.6. The van der Waals surface area contributed by atoms with E-state index in [0.29, 0.717) is 17.7 Å². The van der Waals surface area contributed by atoms with Gasteiger partial charge in [0.15, 0.2) is 6.61 Å². The second kappa shape index (κ2) is 10.1. The van der Waals surface area contributed by atoms with Gasteiger partial charge in [0, 0.05) is 18.0 Å². The lowest BCUT2D eigenvalue weighted by Crippen LogP contribution is -2.28. The molecule has 0 aliphatic rings. The molecule has 0 atom stereocenters. The van der Waals surface area contributed by atoms with E-state index in [1.165, 1.54) is 12.1 Å². The number of carbonyl (C=O) groups is 2. The molecule has 168 valence electrons. The van der Waals surface area contributed by atoms with E-state index in [1.807, 2.05) is 32.0 Å². The number of rotatable bonds is 8. The van der Waals surface area contributed by atoms with Gasteiger partial charge in [0.1, 0.15) is 22.6 Å². The van der Waals surface area contributed by atoms with Crippen molar-refractivity contribution in [3.05, 3.63) is 69.6 Å². The van der Waals surface area contributed by atoms with Crippen LogP contribution in [0.1, 0.15) is 54.6 Å². The van der Waals surface area contributed by atoms with Gasteiger partial charge in [-0.1, -0.05) is 32.9 Å². The van der Waals surface area contributed by atoms with Crippen LogP contribution < -0.4 is 20.4 Å². The molecule has 0 spiro atoms. The average molecular weight is 437 g/mol. The van der Waals surface area contributed by atoms with Gasteiger partial charge in [0.05, 0.1) is 0 Å². The van der Waals surface area contributed by atoms with E-state index in [1.54, 1.807) is 12.1 Å². The normalized spacial score (nSPS) is 10.9. The largest absolute Gasteiger partial charge is 0.482 e. The van der Waals surface area contributed by atoms with Crippen LogP contribution in [-0.2, 0) is 4.79 Å². The predicted octanol–water partition coefficient (Wildman–Crippen LogP) is 4.35. The number of carbonyl (C=O) groups excluding carboxylic acids is 2. The minimum absolute atomic E-state index is 0.0665. The third-order valence-electron chi connectivity index (χ3n) is 4.86. The lowest BCUT2D eigenvalue weighted by molar-refractivity contribution is -0.136. The van der Waals surface area contributed by atoms with E-state index in [4.69, 9.17) is 13.9 Å². The quantitative estimate of drug-likeness (QED) is 0.320. The fraction of sp³-hybridized carbons (Fsp3) is 0.320. The first kappa shape index (κ1) is 23.1. The molecule has 3 aromatic rings. The Kier molecular flexibility index (Phi) is 7.30. The van der Waals surface area contributed by atoms with Crippen molar-refractivity contribution in [2.75, 3.05) is 13.2 Å². The molecule has 0 radical (unpaired) electrons. The highest BCUT2D eigenvalue weighted by Gasteiger charge is 2.15. The number of aryl methyl sites for hydroxylation is 1. The molecule has 0 saturated heterocycles. The first-order valence-corrected chi connectivity index (χ1v) is 10.6. The molecule has 7 nitrogen and oxygen atoms in total. The summed E-state index contributed by atoms with van der Waals surface area (Å²) >= 11 is 0. The lowest BCUT2D eigenvalue weighted by Gasteiger charge is -2.14. The molecule has 3 rings (SSSR count). The van der Waals surface area contributed by atoms with Crippen LogP contribution in [0.25, 0.3) is 11.0 Å². The van der Waals surface area contributed by atoms with Crippen molar-refractivity contribution in [1.29, 1.82) is 0 Å². The minimum atomic E-state index is -0.751. The number of hydrogen-bond acceptors (Lipinski definition) is 6. The SMILES string of the molecule is CCCNC(=O)c1cc2ccc(OC(=O)COc3cc(C)ccc3C(C)C)cc2oc1=O. The van der Waals surface area contributed by atoms with E-state index >= 15 is 0 Å². The molecule has 0 fully saturated rings. The third kappa shape index (κ3) is 5.55. The number of nitrogens with one attached hydrogen (secondary N) is 1. The predicted molar refractivity (Wildman–Crippen MR) is 122 cm³/mol. The smallest absolute Gasteiger partial charge is 0.349 e. The zero-order chi connectivity index (χ0) is 23.3. The summed E-state index contributed by atoms with van der Waals surface area (Å²) in [6.07, 6.45) is 0.756. The van der Waals surface area contributed by atoms with Gasteiger partial charge >= 0.3 is 11.6 Å². The van der Waals surface area contributed by atoms with Crippen LogP contribution in [0.2, 0.25) is 0 Å². The zero-order valence-corrected chi connectivity index (χ0v) is 18.7.